The molecule has 0 saturated carbocycles. The van der Waals surface area contributed by atoms with Crippen LogP contribution in [0.1, 0.15) is 19.8 Å². The first-order valence-corrected chi connectivity index (χ1v) is 3.19. The molecule has 1 atom stereocenters. The standard InChI is InChI=1S/C6H11NO2/c1-2-5-3-6(4-8)9-7-5/h6,8H,2-4H2,1H3/t6-/m0/s1. The Morgan fingerprint density at radius 3 is 3.00 bits per heavy atom. The second kappa shape index (κ2) is 2.82. The average molecular weight is 129 g/mol. The lowest BCUT2D eigenvalue weighted by Gasteiger charge is -2.00. The van der Waals surface area contributed by atoms with Crippen LogP contribution in [-0.4, -0.2) is 23.5 Å². The van der Waals surface area contributed by atoms with Crippen LogP contribution in [-0.2, 0) is 4.84 Å². The Morgan fingerprint density at radius 2 is 2.67 bits per heavy atom. The van der Waals surface area contributed by atoms with E-state index in [9.17, 15) is 0 Å². The predicted molar refractivity (Wildman–Crippen MR) is 34.3 cm³/mol. The zero-order chi connectivity index (χ0) is 6.69. The fraction of sp³-hybridized carbons (Fsp3) is 0.833. The summed E-state index contributed by atoms with van der Waals surface area (Å²) in [5.41, 5.74) is 1.05. The molecule has 1 N–H and O–H groups in total. The summed E-state index contributed by atoms with van der Waals surface area (Å²) in [5, 5.41) is 12.3. The maximum Gasteiger partial charge on any atom is 0.155 e. The van der Waals surface area contributed by atoms with Gasteiger partial charge >= 0.3 is 0 Å². The van der Waals surface area contributed by atoms with Gasteiger partial charge in [0.2, 0.25) is 0 Å². The van der Waals surface area contributed by atoms with Crippen molar-refractivity contribution in [3.63, 3.8) is 0 Å². The Labute approximate surface area is 54.3 Å². The molecule has 3 heteroatoms. The van der Waals surface area contributed by atoms with Crippen molar-refractivity contribution in [2.24, 2.45) is 5.16 Å². The van der Waals surface area contributed by atoms with Crippen LogP contribution >= 0.6 is 0 Å². The van der Waals surface area contributed by atoms with E-state index in [0.717, 1.165) is 18.6 Å². The van der Waals surface area contributed by atoms with Crippen LogP contribution in [0.15, 0.2) is 5.16 Å². The molecule has 0 bridgehead atoms. The maximum absolute atomic E-state index is 8.58. The minimum absolute atomic E-state index is 0.0695. The number of oxime groups is 1. The van der Waals surface area contributed by atoms with Crippen molar-refractivity contribution < 1.29 is 9.94 Å². The Bertz CT molecular complexity index is 122. The summed E-state index contributed by atoms with van der Waals surface area (Å²) in [4.78, 5) is 4.84. The Balaban J connectivity index is 2.31. The van der Waals surface area contributed by atoms with Gasteiger partial charge in [-0.05, 0) is 6.42 Å². The van der Waals surface area contributed by atoms with Crippen LogP contribution in [0.3, 0.4) is 0 Å². The van der Waals surface area contributed by atoms with E-state index in [1.165, 1.54) is 0 Å². The third-order valence-corrected chi connectivity index (χ3v) is 1.41. The second-order valence-corrected chi connectivity index (χ2v) is 2.13. The normalized spacial score (nSPS) is 25.6. The number of hydrogen-bond acceptors (Lipinski definition) is 3. The van der Waals surface area contributed by atoms with E-state index in [-0.39, 0.29) is 12.7 Å². The molecule has 52 valence electrons. The van der Waals surface area contributed by atoms with Crippen LogP contribution in [0.4, 0.5) is 0 Å². The van der Waals surface area contributed by atoms with Gasteiger partial charge in [0.05, 0.1) is 12.3 Å². The zero-order valence-corrected chi connectivity index (χ0v) is 5.50. The van der Waals surface area contributed by atoms with Crippen molar-refractivity contribution in [1.29, 1.82) is 0 Å². The van der Waals surface area contributed by atoms with Crippen LogP contribution in [0, 0.1) is 0 Å². The maximum atomic E-state index is 8.58. The number of nitrogens with zero attached hydrogens (tertiary/aromatic N) is 1. The average Bonchev–Trinajstić information content (AvgIpc) is 2.34. The smallest absolute Gasteiger partial charge is 0.155 e. The van der Waals surface area contributed by atoms with E-state index in [4.69, 9.17) is 9.94 Å². The Hall–Kier alpha value is -0.570. The molecule has 0 aromatic carbocycles. The summed E-state index contributed by atoms with van der Waals surface area (Å²) < 4.78 is 0. The van der Waals surface area contributed by atoms with Gasteiger partial charge in [0.1, 0.15) is 0 Å². The number of aliphatic hydroxyl groups is 1. The zero-order valence-electron chi connectivity index (χ0n) is 5.50. The fourth-order valence-electron chi connectivity index (χ4n) is 0.793. The van der Waals surface area contributed by atoms with E-state index >= 15 is 0 Å². The summed E-state index contributed by atoms with van der Waals surface area (Å²) in [5.74, 6) is 0. The molecule has 1 rings (SSSR count). The molecule has 0 aromatic heterocycles. The van der Waals surface area contributed by atoms with Gasteiger partial charge < -0.3 is 9.94 Å². The predicted octanol–water partition coefficient (Wildman–Crippen LogP) is 0.534. The molecule has 0 aliphatic carbocycles. The van der Waals surface area contributed by atoms with Crippen molar-refractivity contribution in [1.82, 2.24) is 0 Å². The van der Waals surface area contributed by atoms with E-state index in [0.29, 0.717) is 0 Å². The number of rotatable bonds is 2. The highest BCUT2D eigenvalue weighted by atomic mass is 16.6. The lowest BCUT2D eigenvalue weighted by atomic mass is 10.1. The largest absolute Gasteiger partial charge is 0.392 e. The second-order valence-electron chi connectivity index (χ2n) is 2.13. The molecule has 1 aliphatic rings. The summed E-state index contributed by atoms with van der Waals surface area (Å²) in [7, 11) is 0. The highest BCUT2D eigenvalue weighted by Crippen LogP contribution is 2.10. The number of hydrogen-bond donors (Lipinski definition) is 1. The fourth-order valence-corrected chi connectivity index (χ4v) is 0.793. The molecular weight excluding hydrogens is 118 g/mol. The Kier molecular flexibility index (Phi) is 2.05. The van der Waals surface area contributed by atoms with E-state index in [1.807, 2.05) is 6.92 Å². The quantitative estimate of drug-likeness (QED) is 0.591. The lowest BCUT2D eigenvalue weighted by Crippen LogP contribution is -2.11. The van der Waals surface area contributed by atoms with Gasteiger partial charge in [-0.1, -0.05) is 12.1 Å². The molecule has 3 nitrogen and oxygen atoms in total. The van der Waals surface area contributed by atoms with Gasteiger partial charge in [0.15, 0.2) is 6.10 Å². The summed E-state index contributed by atoms with van der Waals surface area (Å²) in [6.07, 6.45) is 1.66. The third-order valence-electron chi connectivity index (χ3n) is 1.41. The molecule has 0 radical (unpaired) electrons. The lowest BCUT2D eigenvalue weighted by molar-refractivity contribution is 0.0390. The SMILES string of the molecule is CCC1=NO[C@H](CO)C1. The first kappa shape index (κ1) is 6.55. The van der Waals surface area contributed by atoms with Crippen LogP contribution < -0.4 is 0 Å². The molecule has 9 heavy (non-hydrogen) atoms. The van der Waals surface area contributed by atoms with Crippen molar-refractivity contribution in [3.05, 3.63) is 0 Å². The highest BCUT2D eigenvalue weighted by Gasteiger charge is 2.17. The molecule has 0 aromatic rings. The molecule has 0 saturated heterocycles. The molecule has 1 aliphatic heterocycles. The monoisotopic (exact) mass is 129 g/mol. The van der Waals surface area contributed by atoms with Gasteiger partial charge in [-0.2, -0.15) is 0 Å². The molecule has 0 unspecified atom stereocenters. The highest BCUT2D eigenvalue weighted by molar-refractivity contribution is 5.85. The summed E-state index contributed by atoms with van der Waals surface area (Å²) >= 11 is 0. The Morgan fingerprint density at radius 1 is 1.89 bits per heavy atom. The molecule has 0 spiro atoms. The minimum Gasteiger partial charge on any atom is -0.392 e. The van der Waals surface area contributed by atoms with Gasteiger partial charge in [-0.3, -0.25) is 0 Å². The molecule has 0 amide bonds. The molecule has 0 fully saturated rings. The summed E-state index contributed by atoms with van der Waals surface area (Å²) in [6, 6.07) is 0. The van der Waals surface area contributed by atoms with E-state index < -0.39 is 0 Å². The third kappa shape index (κ3) is 1.42. The van der Waals surface area contributed by atoms with Crippen LogP contribution in [0.25, 0.3) is 0 Å². The topological polar surface area (TPSA) is 41.8 Å². The van der Waals surface area contributed by atoms with Gasteiger partial charge in [0, 0.05) is 6.42 Å². The molecule has 1 heterocycles. The van der Waals surface area contributed by atoms with Crippen molar-refractivity contribution in [2.45, 2.75) is 25.9 Å². The van der Waals surface area contributed by atoms with Crippen molar-refractivity contribution >= 4 is 5.71 Å². The number of aliphatic hydroxyl groups excluding tert-OH is 1. The van der Waals surface area contributed by atoms with Crippen LogP contribution in [0.5, 0.6) is 0 Å². The van der Waals surface area contributed by atoms with E-state index in [2.05, 4.69) is 5.16 Å². The van der Waals surface area contributed by atoms with Gasteiger partial charge in [-0.25, -0.2) is 0 Å². The first-order chi connectivity index (χ1) is 4.36. The minimum atomic E-state index is -0.0695. The first-order valence-electron chi connectivity index (χ1n) is 3.19. The van der Waals surface area contributed by atoms with Crippen molar-refractivity contribution in [2.75, 3.05) is 6.61 Å². The van der Waals surface area contributed by atoms with Crippen molar-refractivity contribution in [3.8, 4) is 0 Å². The van der Waals surface area contributed by atoms with Crippen LogP contribution in [0.2, 0.25) is 0 Å². The summed E-state index contributed by atoms with van der Waals surface area (Å²) in [6.45, 7) is 2.11. The molecular formula is C6H11NO2. The van der Waals surface area contributed by atoms with Gasteiger partial charge in [0.25, 0.3) is 0 Å². The van der Waals surface area contributed by atoms with Gasteiger partial charge in [-0.15, -0.1) is 0 Å². The van der Waals surface area contributed by atoms with E-state index in [1.54, 1.807) is 0 Å².